The number of amides is 1. The SMILES string of the molecule is COc1cc(-c2nnc(C)o2)ccc1C1=NNC(=O)CC1CO. The zero-order chi connectivity index (χ0) is 16.4. The van der Waals surface area contributed by atoms with Crippen LogP contribution in [-0.4, -0.2) is 40.6 Å². The lowest BCUT2D eigenvalue weighted by atomic mass is 9.92. The normalized spacial score (nSPS) is 17.6. The summed E-state index contributed by atoms with van der Waals surface area (Å²) in [6.07, 6.45) is 0.184. The number of ether oxygens (including phenoxy) is 1. The lowest BCUT2D eigenvalue weighted by Gasteiger charge is -2.22. The summed E-state index contributed by atoms with van der Waals surface area (Å²) < 4.78 is 10.8. The van der Waals surface area contributed by atoms with E-state index in [1.165, 1.54) is 7.11 Å². The fourth-order valence-electron chi connectivity index (χ4n) is 2.46. The summed E-state index contributed by atoms with van der Waals surface area (Å²) in [4.78, 5) is 11.4. The predicted molar refractivity (Wildman–Crippen MR) is 80.9 cm³/mol. The molecule has 8 heteroatoms. The zero-order valence-corrected chi connectivity index (χ0v) is 12.7. The molecule has 0 radical (unpaired) electrons. The smallest absolute Gasteiger partial charge is 0.247 e. The molecule has 1 amide bonds. The van der Waals surface area contributed by atoms with Crippen LogP contribution in [0.5, 0.6) is 5.75 Å². The van der Waals surface area contributed by atoms with Gasteiger partial charge in [-0.1, -0.05) is 0 Å². The van der Waals surface area contributed by atoms with E-state index in [1.807, 2.05) is 0 Å². The maximum absolute atomic E-state index is 11.4. The number of aromatic nitrogens is 2. The highest BCUT2D eigenvalue weighted by Gasteiger charge is 2.27. The summed E-state index contributed by atoms with van der Waals surface area (Å²) in [7, 11) is 1.54. The van der Waals surface area contributed by atoms with Crippen molar-refractivity contribution in [1.82, 2.24) is 15.6 Å². The van der Waals surface area contributed by atoms with Crippen molar-refractivity contribution >= 4 is 11.6 Å². The number of hydrogen-bond acceptors (Lipinski definition) is 7. The molecule has 1 aliphatic rings. The zero-order valence-electron chi connectivity index (χ0n) is 12.7. The number of methoxy groups -OCH3 is 1. The number of aryl methyl sites for hydroxylation is 1. The van der Waals surface area contributed by atoms with Crippen LogP contribution in [-0.2, 0) is 4.79 Å². The number of hydrogen-bond donors (Lipinski definition) is 2. The molecule has 120 valence electrons. The average Bonchev–Trinajstić information content (AvgIpc) is 3.00. The van der Waals surface area contributed by atoms with Crippen LogP contribution in [0, 0.1) is 12.8 Å². The third-order valence-corrected chi connectivity index (χ3v) is 3.59. The molecule has 2 N–H and O–H groups in total. The number of nitrogens with zero attached hydrogens (tertiary/aromatic N) is 3. The molecular weight excluding hydrogens is 300 g/mol. The molecule has 1 atom stereocenters. The maximum atomic E-state index is 11.4. The van der Waals surface area contributed by atoms with E-state index >= 15 is 0 Å². The van der Waals surface area contributed by atoms with Gasteiger partial charge in [0.1, 0.15) is 5.75 Å². The Balaban J connectivity index is 2.01. The number of nitrogens with one attached hydrogen (secondary N) is 1. The van der Waals surface area contributed by atoms with E-state index in [1.54, 1.807) is 25.1 Å². The molecule has 1 aromatic heterocycles. The standard InChI is InChI=1S/C15H16N4O4/c1-8-16-19-15(23-8)9-3-4-11(12(5-9)22-2)14-10(7-20)6-13(21)17-18-14/h3-5,10,20H,6-7H2,1-2H3,(H,17,21). The summed E-state index contributed by atoms with van der Waals surface area (Å²) in [5.74, 6) is 0.832. The van der Waals surface area contributed by atoms with Crippen molar-refractivity contribution in [2.24, 2.45) is 11.0 Å². The molecule has 2 heterocycles. The fourth-order valence-corrected chi connectivity index (χ4v) is 2.46. The Morgan fingerprint density at radius 3 is 2.91 bits per heavy atom. The predicted octanol–water partition coefficient (Wildman–Crippen LogP) is 0.886. The van der Waals surface area contributed by atoms with Crippen LogP contribution in [0.1, 0.15) is 17.9 Å². The fraction of sp³-hybridized carbons (Fsp3) is 0.333. The Bertz CT molecular complexity index is 769. The van der Waals surface area contributed by atoms with Gasteiger partial charge in [0.15, 0.2) is 0 Å². The van der Waals surface area contributed by atoms with E-state index < -0.39 is 0 Å². The van der Waals surface area contributed by atoms with E-state index in [4.69, 9.17) is 9.15 Å². The minimum Gasteiger partial charge on any atom is -0.496 e. The number of carbonyl (C=O) groups is 1. The molecule has 2 aromatic rings. The summed E-state index contributed by atoms with van der Waals surface area (Å²) >= 11 is 0. The highest BCUT2D eigenvalue weighted by Crippen LogP contribution is 2.30. The number of aliphatic hydroxyl groups excluding tert-OH is 1. The van der Waals surface area contributed by atoms with Crippen molar-refractivity contribution in [2.75, 3.05) is 13.7 Å². The third-order valence-electron chi connectivity index (χ3n) is 3.59. The van der Waals surface area contributed by atoms with Crippen LogP contribution < -0.4 is 10.2 Å². The number of benzene rings is 1. The number of rotatable bonds is 4. The van der Waals surface area contributed by atoms with Crippen LogP contribution in [0.4, 0.5) is 0 Å². The summed E-state index contributed by atoms with van der Waals surface area (Å²) in [6, 6.07) is 5.36. The molecule has 1 unspecified atom stereocenters. The van der Waals surface area contributed by atoms with Gasteiger partial charge in [0.05, 0.1) is 19.4 Å². The van der Waals surface area contributed by atoms with Gasteiger partial charge in [0.2, 0.25) is 17.7 Å². The minimum absolute atomic E-state index is 0.167. The van der Waals surface area contributed by atoms with E-state index in [-0.39, 0.29) is 24.9 Å². The molecular formula is C15H16N4O4. The monoisotopic (exact) mass is 316 g/mol. The largest absolute Gasteiger partial charge is 0.496 e. The highest BCUT2D eigenvalue weighted by molar-refractivity contribution is 6.08. The first-order valence-corrected chi connectivity index (χ1v) is 7.08. The van der Waals surface area contributed by atoms with Gasteiger partial charge in [-0.05, 0) is 18.2 Å². The van der Waals surface area contributed by atoms with Crippen molar-refractivity contribution in [1.29, 1.82) is 0 Å². The van der Waals surface area contributed by atoms with Crippen LogP contribution in [0.25, 0.3) is 11.5 Å². The Labute approximate surface area is 132 Å². The van der Waals surface area contributed by atoms with Gasteiger partial charge in [0.25, 0.3) is 0 Å². The first kappa shape index (κ1) is 15.2. The molecule has 0 fully saturated rings. The Hall–Kier alpha value is -2.74. The quantitative estimate of drug-likeness (QED) is 0.866. The van der Waals surface area contributed by atoms with Crippen LogP contribution in [0.2, 0.25) is 0 Å². The second-order valence-corrected chi connectivity index (χ2v) is 5.16. The van der Waals surface area contributed by atoms with Crippen LogP contribution in [0.3, 0.4) is 0 Å². The number of hydrazone groups is 1. The van der Waals surface area contributed by atoms with Crippen molar-refractivity contribution in [2.45, 2.75) is 13.3 Å². The van der Waals surface area contributed by atoms with E-state index in [0.29, 0.717) is 34.4 Å². The Morgan fingerprint density at radius 2 is 2.26 bits per heavy atom. The van der Waals surface area contributed by atoms with E-state index in [9.17, 15) is 9.90 Å². The summed E-state index contributed by atoms with van der Waals surface area (Å²) in [5, 5.41) is 21.4. The summed E-state index contributed by atoms with van der Waals surface area (Å²) in [5.41, 5.74) is 4.43. The Morgan fingerprint density at radius 1 is 1.43 bits per heavy atom. The van der Waals surface area contributed by atoms with Crippen molar-refractivity contribution in [3.8, 4) is 17.2 Å². The molecule has 0 bridgehead atoms. The second kappa shape index (κ2) is 6.17. The van der Waals surface area contributed by atoms with Gasteiger partial charge >= 0.3 is 0 Å². The minimum atomic E-state index is -0.367. The maximum Gasteiger partial charge on any atom is 0.247 e. The molecule has 0 spiro atoms. The van der Waals surface area contributed by atoms with Gasteiger partial charge in [-0.3, -0.25) is 4.79 Å². The molecule has 0 saturated heterocycles. The molecule has 8 nitrogen and oxygen atoms in total. The lowest BCUT2D eigenvalue weighted by molar-refractivity contribution is -0.122. The first-order valence-electron chi connectivity index (χ1n) is 7.08. The second-order valence-electron chi connectivity index (χ2n) is 5.16. The average molecular weight is 316 g/mol. The Kier molecular flexibility index (Phi) is 4.07. The van der Waals surface area contributed by atoms with Crippen molar-refractivity contribution in [3.05, 3.63) is 29.7 Å². The molecule has 0 aliphatic carbocycles. The van der Waals surface area contributed by atoms with E-state index in [0.717, 1.165) is 0 Å². The van der Waals surface area contributed by atoms with Gasteiger partial charge in [-0.2, -0.15) is 5.10 Å². The molecule has 0 saturated carbocycles. The van der Waals surface area contributed by atoms with Crippen LogP contribution in [0.15, 0.2) is 27.7 Å². The van der Waals surface area contributed by atoms with Gasteiger partial charge < -0.3 is 14.3 Å². The third kappa shape index (κ3) is 2.93. The van der Waals surface area contributed by atoms with Crippen LogP contribution >= 0.6 is 0 Å². The molecule has 1 aromatic carbocycles. The van der Waals surface area contributed by atoms with Gasteiger partial charge in [-0.25, -0.2) is 5.43 Å². The lowest BCUT2D eigenvalue weighted by Crippen LogP contribution is -2.35. The number of carbonyl (C=O) groups excluding carboxylic acids is 1. The number of aliphatic hydroxyl groups is 1. The topological polar surface area (TPSA) is 110 Å². The highest BCUT2D eigenvalue weighted by atomic mass is 16.5. The molecule has 23 heavy (non-hydrogen) atoms. The van der Waals surface area contributed by atoms with Gasteiger partial charge in [-0.15, -0.1) is 10.2 Å². The molecule has 3 rings (SSSR count). The van der Waals surface area contributed by atoms with Crippen molar-refractivity contribution < 1.29 is 19.1 Å². The summed E-state index contributed by atoms with van der Waals surface area (Å²) in [6.45, 7) is 1.55. The molecule has 1 aliphatic heterocycles. The van der Waals surface area contributed by atoms with Gasteiger partial charge in [0, 0.05) is 30.4 Å². The van der Waals surface area contributed by atoms with E-state index in [2.05, 4.69) is 20.7 Å². The first-order chi connectivity index (χ1) is 11.1. The van der Waals surface area contributed by atoms with Crippen molar-refractivity contribution in [3.63, 3.8) is 0 Å².